The van der Waals surface area contributed by atoms with Gasteiger partial charge in [-0.25, -0.2) is 4.68 Å². The molecule has 5 heteroatoms. The predicted octanol–water partition coefficient (Wildman–Crippen LogP) is 2.72. The molecule has 128 valence electrons. The van der Waals surface area contributed by atoms with Crippen molar-refractivity contribution < 1.29 is 4.79 Å². The van der Waals surface area contributed by atoms with E-state index in [0.29, 0.717) is 5.39 Å². The maximum Gasteiger partial charge on any atom is 0.275 e. The molecule has 0 atom stereocenters. The lowest BCUT2D eigenvalue weighted by atomic mass is 9.95. The Hall–Kier alpha value is -2.17. The lowest BCUT2D eigenvalue weighted by molar-refractivity contribution is -0.122. The van der Waals surface area contributed by atoms with Crippen molar-refractivity contribution in [2.45, 2.75) is 65.0 Å². The number of nitrogens with zero attached hydrogens (tertiary/aromatic N) is 2. The molecule has 2 aromatic rings. The van der Waals surface area contributed by atoms with Gasteiger partial charge in [0, 0.05) is 11.4 Å². The summed E-state index contributed by atoms with van der Waals surface area (Å²) in [5.41, 5.74) is 1.77. The van der Waals surface area contributed by atoms with Crippen LogP contribution in [0.2, 0.25) is 0 Å². The van der Waals surface area contributed by atoms with Crippen LogP contribution in [-0.2, 0) is 17.8 Å². The number of benzene rings is 1. The Morgan fingerprint density at radius 3 is 2.71 bits per heavy atom. The number of carbonyl (C=O) groups is 1. The Labute approximate surface area is 142 Å². The number of rotatable bonds is 4. The van der Waals surface area contributed by atoms with E-state index in [9.17, 15) is 9.59 Å². The molecular formula is C19H25N3O2. The fraction of sp³-hybridized carbons (Fsp3) is 0.526. The Morgan fingerprint density at radius 2 is 2.00 bits per heavy atom. The molecule has 1 amide bonds. The van der Waals surface area contributed by atoms with Crippen LogP contribution >= 0.6 is 0 Å². The average molecular weight is 327 g/mol. The summed E-state index contributed by atoms with van der Waals surface area (Å²) in [6.45, 7) is 4.01. The lowest BCUT2D eigenvalue weighted by Gasteiger charge is -2.22. The highest BCUT2D eigenvalue weighted by Crippen LogP contribution is 2.18. The lowest BCUT2D eigenvalue weighted by Crippen LogP contribution is -2.40. The first-order valence-corrected chi connectivity index (χ1v) is 8.88. The molecule has 0 radical (unpaired) electrons. The molecule has 1 aliphatic rings. The highest BCUT2D eigenvalue weighted by molar-refractivity contribution is 5.84. The molecule has 1 aliphatic carbocycles. The summed E-state index contributed by atoms with van der Waals surface area (Å²) in [4.78, 5) is 25.0. The Balaban J connectivity index is 1.86. The van der Waals surface area contributed by atoms with Crippen molar-refractivity contribution in [2.24, 2.45) is 0 Å². The molecule has 1 aromatic carbocycles. The van der Waals surface area contributed by atoms with Gasteiger partial charge in [0.05, 0.1) is 11.1 Å². The van der Waals surface area contributed by atoms with E-state index < -0.39 is 0 Å². The van der Waals surface area contributed by atoms with E-state index in [4.69, 9.17) is 0 Å². The van der Waals surface area contributed by atoms with Crippen LogP contribution in [0.5, 0.6) is 0 Å². The van der Waals surface area contributed by atoms with Crippen LogP contribution in [0.1, 0.15) is 50.3 Å². The number of aryl methyl sites for hydroxylation is 2. The van der Waals surface area contributed by atoms with Gasteiger partial charge >= 0.3 is 0 Å². The molecule has 1 aromatic heterocycles. The van der Waals surface area contributed by atoms with Crippen molar-refractivity contribution in [3.05, 3.63) is 39.8 Å². The molecular weight excluding hydrogens is 302 g/mol. The van der Waals surface area contributed by atoms with Gasteiger partial charge in [-0.15, -0.1) is 0 Å². The Morgan fingerprint density at radius 1 is 1.25 bits per heavy atom. The number of fused-ring (bicyclic) bond motifs is 1. The van der Waals surface area contributed by atoms with Crippen molar-refractivity contribution in [1.82, 2.24) is 15.1 Å². The summed E-state index contributed by atoms with van der Waals surface area (Å²) in [6.07, 6.45) is 6.37. The molecule has 1 heterocycles. The number of aromatic nitrogens is 2. The zero-order chi connectivity index (χ0) is 17.1. The van der Waals surface area contributed by atoms with Crippen molar-refractivity contribution >= 4 is 16.7 Å². The first kappa shape index (κ1) is 16.7. The van der Waals surface area contributed by atoms with Gasteiger partial charge in [-0.2, -0.15) is 5.10 Å². The summed E-state index contributed by atoms with van der Waals surface area (Å²) in [7, 11) is 0. The van der Waals surface area contributed by atoms with E-state index in [1.807, 2.05) is 32.0 Å². The van der Waals surface area contributed by atoms with E-state index in [1.54, 1.807) is 0 Å². The second kappa shape index (κ2) is 7.16. The van der Waals surface area contributed by atoms with Gasteiger partial charge in [-0.3, -0.25) is 9.59 Å². The zero-order valence-corrected chi connectivity index (χ0v) is 14.5. The van der Waals surface area contributed by atoms with Crippen LogP contribution < -0.4 is 10.9 Å². The number of amides is 1. The summed E-state index contributed by atoms with van der Waals surface area (Å²) in [6, 6.07) is 6.00. The summed E-state index contributed by atoms with van der Waals surface area (Å²) >= 11 is 0. The third-order valence-corrected chi connectivity index (χ3v) is 4.79. The fourth-order valence-electron chi connectivity index (χ4n) is 3.49. The minimum atomic E-state index is -0.194. The molecule has 1 fully saturated rings. The molecule has 0 spiro atoms. The molecule has 0 unspecified atom stereocenters. The van der Waals surface area contributed by atoms with Crippen molar-refractivity contribution in [1.29, 1.82) is 0 Å². The van der Waals surface area contributed by atoms with Gasteiger partial charge in [0.15, 0.2) is 0 Å². The van der Waals surface area contributed by atoms with Crippen molar-refractivity contribution in [3.8, 4) is 0 Å². The Bertz CT molecular complexity index is 804. The predicted molar refractivity (Wildman–Crippen MR) is 95.1 cm³/mol. The van der Waals surface area contributed by atoms with Crippen molar-refractivity contribution in [2.75, 3.05) is 0 Å². The first-order chi connectivity index (χ1) is 11.6. The summed E-state index contributed by atoms with van der Waals surface area (Å²) in [5.74, 6) is -0.120. The van der Waals surface area contributed by atoms with E-state index in [-0.39, 0.29) is 24.1 Å². The van der Waals surface area contributed by atoms with Crippen LogP contribution in [0.25, 0.3) is 10.8 Å². The molecule has 3 rings (SSSR count). The molecule has 1 saturated carbocycles. The summed E-state index contributed by atoms with van der Waals surface area (Å²) in [5, 5.41) is 9.02. The third kappa shape index (κ3) is 3.50. The molecule has 24 heavy (non-hydrogen) atoms. The monoisotopic (exact) mass is 327 g/mol. The smallest absolute Gasteiger partial charge is 0.275 e. The minimum absolute atomic E-state index is 0.00779. The SMILES string of the molecule is CCc1nn(CC(=O)NC2CCCCC2)c(=O)c2ccc(C)cc12. The molecule has 5 nitrogen and oxygen atoms in total. The second-order valence-corrected chi connectivity index (χ2v) is 6.71. The largest absolute Gasteiger partial charge is 0.352 e. The number of carbonyl (C=O) groups excluding carboxylic acids is 1. The van der Waals surface area contributed by atoms with Crippen LogP contribution in [0.3, 0.4) is 0 Å². The quantitative estimate of drug-likeness (QED) is 0.939. The molecule has 0 bridgehead atoms. The second-order valence-electron chi connectivity index (χ2n) is 6.71. The Kier molecular flexibility index (Phi) is 4.97. The maximum absolute atomic E-state index is 12.7. The van der Waals surface area contributed by atoms with Gasteiger partial charge < -0.3 is 5.32 Å². The van der Waals surface area contributed by atoms with Crippen LogP contribution in [0.15, 0.2) is 23.0 Å². The van der Waals surface area contributed by atoms with Crippen LogP contribution in [-0.4, -0.2) is 21.7 Å². The van der Waals surface area contributed by atoms with Crippen LogP contribution in [0, 0.1) is 6.92 Å². The fourth-order valence-corrected chi connectivity index (χ4v) is 3.49. The van der Waals surface area contributed by atoms with Gasteiger partial charge in [0.25, 0.3) is 5.56 Å². The van der Waals surface area contributed by atoms with Gasteiger partial charge in [-0.1, -0.05) is 37.8 Å². The number of nitrogens with one attached hydrogen (secondary N) is 1. The zero-order valence-electron chi connectivity index (χ0n) is 14.5. The standard InChI is InChI=1S/C19H25N3O2/c1-3-17-16-11-13(2)9-10-15(16)19(24)22(21-17)12-18(23)20-14-7-5-4-6-8-14/h9-11,14H,3-8,12H2,1-2H3,(H,20,23). The van der Waals surface area contributed by atoms with Crippen LogP contribution in [0.4, 0.5) is 0 Å². The molecule has 1 N–H and O–H groups in total. The van der Waals surface area contributed by atoms with E-state index >= 15 is 0 Å². The molecule has 0 saturated heterocycles. The number of hydrogen-bond acceptors (Lipinski definition) is 3. The van der Waals surface area contributed by atoms with Gasteiger partial charge in [-0.05, 0) is 38.3 Å². The van der Waals surface area contributed by atoms with Gasteiger partial charge in [0.1, 0.15) is 6.54 Å². The highest BCUT2D eigenvalue weighted by atomic mass is 16.2. The molecule has 0 aliphatic heterocycles. The van der Waals surface area contributed by atoms with E-state index in [1.165, 1.54) is 23.9 Å². The number of hydrogen-bond donors (Lipinski definition) is 1. The van der Waals surface area contributed by atoms with E-state index in [2.05, 4.69) is 10.4 Å². The highest BCUT2D eigenvalue weighted by Gasteiger charge is 2.17. The average Bonchev–Trinajstić information content (AvgIpc) is 2.58. The summed E-state index contributed by atoms with van der Waals surface area (Å²) < 4.78 is 1.31. The minimum Gasteiger partial charge on any atom is -0.352 e. The van der Waals surface area contributed by atoms with Crippen molar-refractivity contribution in [3.63, 3.8) is 0 Å². The maximum atomic E-state index is 12.7. The normalized spacial score (nSPS) is 15.6. The topological polar surface area (TPSA) is 64.0 Å². The third-order valence-electron chi connectivity index (χ3n) is 4.79. The first-order valence-electron chi connectivity index (χ1n) is 8.88. The van der Waals surface area contributed by atoms with Gasteiger partial charge in [0.2, 0.25) is 5.91 Å². The van der Waals surface area contributed by atoms with E-state index in [0.717, 1.165) is 35.9 Å².